The van der Waals surface area contributed by atoms with E-state index < -0.39 is 0 Å². The zero-order chi connectivity index (χ0) is 10.1. The van der Waals surface area contributed by atoms with Crippen molar-refractivity contribution in [3.05, 3.63) is 36.2 Å². The summed E-state index contributed by atoms with van der Waals surface area (Å²) in [4.78, 5) is 5.23. The molecule has 0 aliphatic rings. The molecule has 0 spiro atoms. The maximum absolute atomic E-state index is 5.25. The summed E-state index contributed by atoms with van der Waals surface area (Å²) in [6.07, 6.45) is 4.90. The van der Waals surface area contributed by atoms with E-state index in [0.29, 0.717) is 5.89 Å². The van der Waals surface area contributed by atoms with Crippen LogP contribution in [0.15, 0.2) is 40.6 Å². The average Bonchev–Trinajstić information content (AvgIpc) is 3.01. The van der Waals surface area contributed by atoms with Gasteiger partial charge in [-0.25, -0.2) is 4.98 Å². The minimum Gasteiger partial charge on any atom is -0.444 e. The second-order valence-electron chi connectivity index (χ2n) is 2.97. The summed E-state index contributed by atoms with van der Waals surface area (Å²) < 4.78 is 5.25. The van der Waals surface area contributed by atoms with Gasteiger partial charge in [0.25, 0.3) is 0 Å². The molecule has 0 aromatic carbocycles. The van der Waals surface area contributed by atoms with Gasteiger partial charge in [0.05, 0.1) is 28.5 Å². The second-order valence-corrected chi connectivity index (χ2v) is 3.92. The van der Waals surface area contributed by atoms with Crippen molar-refractivity contribution in [3.8, 4) is 22.0 Å². The first-order chi connectivity index (χ1) is 7.45. The Balaban J connectivity index is 2.15. The maximum Gasteiger partial charge on any atom is 0.229 e. The van der Waals surface area contributed by atoms with Crippen LogP contribution >= 0.6 is 11.3 Å². The Hall–Kier alpha value is -1.88. The smallest absolute Gasteiger partial charge is 0.229 e. The maximum atomic E-state index is 5.25. The molecule has 0 aliphatic carbocycles. The third-order valence-electron chi connectivity index (χ3n) is 2.07. The van der Waals surface area contributed by atoms with E-state index in [1.165, 1.54) is 0 Å². The van der Waals surface area contributed by atoms with E-state index >= 15 is 0 Å². The second kappa shape index (κ2) is 3.36. The highest BCUT2D eigenvalue weighted by Crippen LogP contribution is 2.31. The van der Waals surface area contributed by atoms with Crippen LogP contribution in [0.3, 0.4) is 0 Å². The number of hydrogen-bond donors (Lipinski definition) is 1. The third kappa shape index (κ3) is 1.37. The topological polar surface area (TPSA) is 54.7 Å². The Morgan fingerprint density at radius 1 is 1.40 bits per heavy atom. The molecule has 0 saturated heterocycles. The van der Waals surface area contributed by atoms with Crippen molar-refractivity contribution in [3.63, 3.8) is 0 Å². The van der Waals surface area contributed by atoms with Gasteiger partial charge in [0.15, 0.2) is 0 Å². The molecule has 0 fully saturated rings. The van der Waals surface area contributed by atoms with E-state index in [4.69, 9.17) is 4.42 Å². The quantitative estimate of drug-likeness (QED) is 0.718. The Morgan fingerprint density at radius 2 is 2.40 bits per heavy atom. The van der Waals surface area contributed by atoms with Gasteiger partial charge in [0.1, 0.15) is 6.26 Å². The van der Waals surface area contributed by atoms with Crippen LogP contribution in [0.5, 0.6) is 0 Å². The minimum absolute atomic E-state index is 0.590. The van der Waals surface area contributed by atoms with E-state index in [2.05, 4.69) is 15.2 Å². The molecule has 3 heterocycles. The molecule has 3 aromatic rings. The van der Waals surface area contributed by atoms with Gasteiger partial charge in [-0.15, -0.1) is 11.3 Å². The van der Waals surface area contributed by atoms with Gasteiger partial charge in [0, 0.05) is 0 Å². The van der Waals surface area contributed by atoms with Gasteiger partial charge >= 0.3 is 0 Å². The van der Waals surface area contributed by atoms with Crippen LogP contribution in [0.25, 0.3) is 22.0 Å². The van der Waals surface area contributed by atoms with E-state index in [9.17, 15) is 0 Å². The zero-order valence-corrected chi connectivity index (χ0v) is 8.49. The fraction of sp³-hybridized carbons (Fsp3) is 0. The summed E-state index contributed by atoms with van der Waals surface area (Å²) in [5.74, 6) is 0.590. The summed E-state index contributed by atoms with van der Waals surface area (Å²) in [6, 6.07) is 4.03. The molecule has 4 nitrogen and oxygen atoms in total. The Morgan fingerprint density at radius 3 is 3.13 bits per heavy atom. The summed E-state index contributed by atoms with van der Waals surface area (Å²) >= 11 is 1.65. The summed E-state index contributed by atoms with van der Waals surface area (Å²) in [5, 5.41) is 9.00. The van der Waals surface area contributed by atoms with Gasteiger partial charge in [-0.2, -0.15) is 5.10 Å². The normalized spacial score (nSPS) is 10.7. The molecule has 0 saturated carbocycles. The predicted octanol–water partition coefficient (Wildman–Crippen LogP) is 2.79. The van der Waals surface area contributed by atoms with Crippen molar-refractivity contribution in [1.82, 2.24) is 15.2 Å². The molecule has 0 unspecified atom stereocenters. The average molecular weight is 217 g/mol. The van der Waals surface area contributed by atoms with Gasteiger partial charge in [-0.1, -0.05) is 6.07 Å². The molecule has 15 heavy (non-hydrogen) atoms. The number of hydrogen-bond acceptors (Lipinski definition) is 4. The van der Waals surface area contributed by atoms with Gasteiger partial charge in [0.2, 0.25) is 5.89 Å². The molecule has 3 aromatic heterocycles. The molecule has 0 aliphatic heterocycles. The lowest BCUT2D eigenvalue weighted by atomic mass is 10.2. The van der Waals surface area contributed by atoms with E-state index in [0.717, 1.165) is 16.1 Å². The molecule has 0 atom stereocenters. The van der Waals surface area contributed by atoms with Crippen molar-refractivity contribution >= 4 is 11.3 Å². The molecular formula is C10H7N3OS. The summed E-state index contributed by atoms with van der Waals surface area (Å²) in [6.45, 7) is 0. The van der Waals surface area contributed by atoms with Crippen LogP contribution in [-0.4, -0.2) is 15.2 Å². The van der Waals surface area contributed by atoms with E-state index in [1.54, 1.807) is 30.0 Å². The highest BCUT2D eigenvalue weighted by atomic mass is 32.1. The molecule has 0 amide bonds. The minimum atomic E-state index is 0.590. The number of aromatic nitrogens is 3. The fourth-order valence-electron chi connectivity index (χ4n) is 1.41. The Kier molecular flexibility index (Phi) is 1.89. The zero-order valence-electron chi connectivity index (χ0n) is 7.68. The number of rotatable bonds is 2. The van der Waals surface area contributed by atoms with Crippen molar-refractivity contribution in [1.29, 1.82) is 0 Å². The van der Waals surface area contributed by atoms with Gasteiger partial charge in [-0.3, -0.25) is 5.10 Å². The van der Waals surface area contributed by atoms with Gasteiger partial charge < -0.3 is 4.42 Å². The highest BCUT2D eigenvalue weighted by molar-refractivity contribution is 7.13. The van der Waals surface area contributed by atoms with E-state index in [1.807, 2.05) is 17.5 Å². The first-order valence-corrected chi connectivity index (χ1v) is 5.30. The summed E-state index contributed by atoms with van der Waals surface area (Å²) in [7, 11) is 0. The first-order valence-electron chi connectivity index (χ1n) is 4.42. The summed E-state index contributed by atoms with van der Waals surface area (Å²) in [5.41, 5.74) is 1.84. The number of oxazole rings is 1. The van der Waals surface area contributed by atoms with Crippen molar-refractivity contribution < 1.29 is 4.42 Å². The number of H-pyrrole nitrogens is 1. The number of aromatic amines is 1. The van der Waals surface area contributed by atoms with Crippen LogP contribution in [0, 0.1) is 0 Å². The first kappa shape index (κ1) is 8.43. The molecule has 0 radical (unpaired) electrons. The fourth-order valence-corrected chi connectivity index (χ4v) is 2.15. The lowest BCUT2D eigenvalue weighted by molar-refractivity contribution is 0.575. The predicted molar refractivity (Wildman–Crippen MR) is 57.4 cm³/mol. The number of nitrogens with zero attached hydrogens (tertiary/aromatic N) is 2. The van der Waals surface area contributed by atoms with Crippen LogP contribution in [-0.2, 0) is 0 Å². The highest BCUT2D eigenvalue weighted by Gasteiger charge is 2.13. The van der Waals surface area contributed by atoms with Crippen molar-refractivity contribution in [2.24, 2.45) is 0 Å². The molecule has 5 heteroatoms. The Bertz CT molecular complexity index is 490. The van der Waals surface area contributed by atoms with Crippen LogP contribution in [0.1, 0.15) is 0 Å². The van der Waals surface area contributed by atoms with Crippen LogP contribution < -0.4 is 0 Å². The molecule has 3 rings (SSSR count). The van der Waals surface area contributed by atoms with Crippen LogP contribution in [0.4, 0.5) is 0 Å². The largest absolute Gasteiger partial charge is 0.444 e. The standard InChI is InChI=1S/C10H7N3OS/c1-2-8(15-5-1)9-7(6-12-13-9)10-11-3-4-14-10/h1-6H,(H,12,13). The monoisotopic (exact) mass is 217 g/mol. The molecular weight excluding hydrogens is 210 g/mol. The van der Waals surface area contributed by atoms with Crippen molar-refractivity contribution in [2.75, 3.05) is 0 Å². The lowest BCUT2D eigenvalue weighted by Crippen LogP contribution is -1.78. The molecule has 74 valence electrons. The third-order valence-corrected chi connectivity index (χ3v) is 2.96. The Labute approximate surface area is 89.6 Å². The van der Waals surface area contributed by atoms with Gasteiger partial charge in [-0.05, 0) is 11.4 Å². The SMILES string of the molecule is c1csc(-c2[nH]ncc2-c2ncco2)c1. The molecule has 1 N–H and O–H groups in total. The number of thiophene rings is 1. The molecule has 0 bridgehead atoms. The van der Waals surface area contributed by atoms with Crippen molar-refractivity contribution in [2.45, 2.75) is 0 Å². The number of nitrogens with one attached hydrogen (secondary N) is 1. The lowest BCUT2D eigenvalue weighted by Gasteiger charge is -1.94. The van der Waals surface area contributed by atoms with Crippen LogP contribution in [0.2, 0.25) is 0 Å². The van der Waals surface area contributed by atoms with E-state index in [-0.39, 0.29) is 0 Å².